The van der Waals surface area contributed by atoms with E-state index in [4.69, 9.17) is 9.40 Å². The van der Waals surface area contributed by atoms with E-state index in [1.807, 2.05) is 24.3 Å². The molecule has 0 saturated carbocycles. The quantitative estimate of drug-likeness (QED) is 0.349. The van der Waals surface area contributed by atoms with Crippen LogP contribution in [0.1, 0.15) is 25.3 Å². The van der Waals surface area contributed by atoms with Crippen molar-refractivity contribution in [3.63, 3.8) is 0 Å². The molecule has 3 aromatic carbocycles. The molecule has 2 heteroatoms. The van der Waals surface area contributed by atoms with E-state index in [0.717, 1.165) is 44.1 Å². The lowest BCUT2D eigenvalue weighted by atomic mass is 9.97. The number of pyridine rings is 1. The number of fused-ring (bicyclic) bond motifs is 5. The minimum absolute atomic E-state index is 0.479. The van der Waals surface area contributed by atoms with E-state index in [2.05, 4.69) is 62.4 Å². The van der Waals surface area contributed by atoms with Gasteiger partial charge in [0.1, 0.15) is 11.2 Å². The van der Waals surface area contributed by atoms with Crippen molar-refractivity contribution >= 4 is 32.8 Å². The maximum Gasteiger partial charge on any atom is 0.147 e. The fraction of sp³-hybridized carbons (Fsp3) is 0.125. The lowest BCUT2D eigenvalue weighted by Crippen LogP contribution is -1.91. The van der Waals surface area contributed by atoms with Crippen LogP contribution in [-0.4, -0.2) is 4.98 Å². The number of furan rings is 1. The summed E-state index contributed by atoms with van der Waals surface area (Å²) in [5, 5.41) is 3.27. The number of hydrogen-bond donors (Lipinski definition) is 0. The highest BCUT2D eigenvalue weighted by molar-refractivity contribution is 6.19. The van der Waals surface area contributed by atoms with Crippen molar-refractivity contribution in [3.05, 3.63) is 78.4 Å². The van der Waals surface area contributed by atoms with E-state index in [1.54, 1.807) is 0 Å². The van der Waals surface area contributed by atoms with Gasteiger partial charge in [0.25, 0.3) is 0 Å². The van der Waals surface area contributed by atoms with Crippen molar-refractivity contribution in [1.82, 2.24) is 4.98 Å². The summed E-state index contributed by atoms with van der Waals surface area (Å²) in [6.45, 7) is 4.44. The van der Waals surface area contributed by atoms with Crippen molar-refractivity contribution in [3.8, 4) is 11.3 Å². The van der Waals surface area contributed by atoms with Crippen LogP contribution in [0.3, 0.4) is 0 Å². The van der Waals surface area contributed by atoms with Gasteiger partial charge in [-0.3, -0.25) is 0 Å². The third-order valence-corrected chi connectivity index (χ3v) is 5.04. The molecular weight excluding hydrogens is 318 g/mol. The zero-order chi connectivity index (χ0) is 17.7. The van der Waals surface area contributed by atoms with Gasteiger partial charge in [-0.15, -0.1) is 0 Å². The molecule has 0 aliphatic carbocycles. The summed E-state index contributed by atoms with van der Waals surface area (Å²) in [6, 6.07) is 25.1. The van der Waals surface area contributed by atoms with Crippen LogP contribution in [0, 0.1) is 0 Å². The van der Waals surface area contributed by atoms with E-state index in [-0.39, 0.29) is 0 Å². The average molecular weight is 337 g/mol. The largest absolute Gasteiger partial charge is 0.455 e. The van der Waals surface area contributed by atoms with E-state index in [9.17, 15) is 0 Å². The molecule has 2 heterocycles. The zero-order valence-corrected chi connectivity index (χ0v) is 14.9. The summed E-state index contributed by atoms with van der Waals surface area (Å²) in [5.41, 5.74) is 6.23. The normalized spacial score (nSPS) is 11.8. The summed E-state index contributed by atoms with van der Waals surface area (Å²) < 4.78 is 6.27. The lowest BCUT2D eigenvalue weighted by Gasteiger charge is -2.10. The van der Waals surface area contributed by atoms with E-state index >= 15 is 0 Å². The van der Waals surface area contributed by atoms with Gasteiger partial charge in [-0.1, -0.05) is 62.4 Å². The van der Waals surface area contributed by atoms with Gasteiger partial charge >= 0.3 is 0 Å². The molecule has 2 nitrogen and oxygen atoms in total. The first kappa shape index (κ1) is 15.2. The van der Waals surface area contributed by atoms with Crippen LogP contribution in [0.15, 0.2) is 77.2 Å². The molecule has 0 saturated heterocycles. The van der Waals surface area contributed by atoms with Gasteiger partial charge in [0.2, 0.25) is 0 Å². The molecule has 0 spiro atoms. The van der Waals surface area contributed by atoms with Gasteiger partial charge in [0, 0.05) is 16.3 Å². The zero-order valence-electron chi connectivity index (χ0n) is 14.9. The Kier molecular flexibility index (Phi) is 3.32. The summed E-state index contributed by atoms with van der Waals surface area (Å²) >= 11 is 0. The predicted molar refractivity (Wildman–Crippen MR) is 109 cm³/mol. The Morgan fingerprint density at radius 1 is 0.808 bits per heavy atom. The summed E-state index contributed by atoms with van der Waals surface area (Å²) in [7, 11) is 0. The molecular formula is C24H19NO. The third-order valence-electron chi connectivity index (χ3n) is 5.04. The highest BCUT2D eigenvalue weighted by atomic mass is 16.3. The number of para-hydroxylation sites is 2. The summed E-state index contributed by atoms with van der Waals surface area (Å²) in [5.74, 6) is 0.479. The highest BCUT2D eigenvalue weighted by Crippen LogP contribution is 2.39. The van der Waals surface area contributed by atoms with Crippen molar-refractivity contribution in [2.45, 2.75) is 19.8 Å². The van der Waals surface area contributed by atoms with E-state index in [0.29, 0.717) is 5.92 Å². The van der Waals surface area contributed by atoms with Crippen LogP contribution in [0.4, 0.5) is 0 Å². The monoisotopic (exact) mass is 337 g/mol. The van der Waals surface area contributed by atoms with Crippen LogP contribution >= 0.6 is 0 Å². The molecule has 0 unspecified atom stereocenters. The van der Waals surface area contributed by atoms with Gasteiger partial charge in [0.05, 0.1) is 16.6 Å². The minimum Gasteiger partial charge on any atom is -0.455 e. The SMILES string of the molecule is CC(C)c1cccc(-c2nc3ccccc3c3oc4ccccc4c23)c1. The Morgan fingerprint density at radius 3 is 2.42 bits per heavy atom. The fourth-order valence-electron chi connectivity index (χ4n) is 3.66. The van der Waals surface area contributed by atoms with Gasteiger partial charge in [-0.2, -0.15) is 0 Å². The van der Waals surface area contributed by atoms with E-state index in [1.165, 1.54) is 5.56 Å². The van der Waals surface area contributed by atoms with Crippen molar-refractivity contribution in [2.24, 2.45) is 0 Å². The maximum absolute atomic E-state index is 6.27. The second-order valence-electron chi connectivity index (χ2n) is 7.06. The Hall–Kier alpha value is -3.13. The van der Waals surface area contributed by atoms with Gasteiger partial charge in [-0.25, -0.2) is 4.98 Å². The lowest BCUT2D eigenvalue weighted by molar-refractivity contribution is 0.672. The molecule has 0 bridgehead atoms. The number of hydrogen-bond acceptors (Lipinski definition) is 2. The Labute approximate surface area is 152 Å². The molecule has 0 N–H and O–H groups in total. The molecule has 0 radical (unpaired) electrons. The van der Waals surface area contributed by atoms with Crippen molar-refractivity contribution < 1.29 is 4.42 Å². The molecule has 0 aliphatic heterocycles. The van der Waals surface area contributed by atoms with Crippen LogP contribution in [-0.2, 0) is 0 Å². The molecule has 5 aromatic rings. The first-order valence-corrected chi connectivity index (χ1v) is 9.02. The topological polar surface area (TPSA) is 26.0 Å². The molecule has 0 atom stereocenters. The number of rotatable bonds is 2. The van der Waals surface area contributed by atoms with Crippen molar-refractivity contribution in [1.29, 1.82) is 0 Å². The number of nitrogens with zero attached hydrogens (tertiary/aromatic N) is 1. The van der Waals surface area contributed by atoms with Crippen LogP contribution in [0.2, 0.25) is 0 Å². The van der Waals surface area contributed by atoms with Crippen LogP contribution < -0.4 is 0 Å². The minimum atomic E-state index is 0.479. The fourth-order valence-corrected chi connectivity index (χ4v) is 3.66. The predicted octanol–water partition coefficient (Wildman–Crippen LogP) is 6.92. The van der Waals surface area contributed by atoms with Crippen LogP contribution in [0.5, 0.6) is 0 Å². The smallest absolute Gasteiger partial charge is 0.147 e. The van der Waals surface area contributed by atoms with Gasteiger partial charge in [0.15, 0.2) is 0 Å². The average Bonchev–Trinajstić information content (AvgIpc) is 3.07. The summed E-state index contributed by atoms with van der Waals surface area (Å²) in [6.07, 6.45) is 0. The maximum atomic E-state index is 6.27. The van der Waals surface area contributed by atoms with Crippen molar-refractivity contribution in [2.75, 3.05) is 0 Å². The molecule has 26 heavy (non-hydrogen) atoms. The molecule has 0 fully saturated rings. The number of benzene rings is 3. The second kappa shape index (κ2) is 5.70. The number of aromatic nitrogens is 1. The third kappa shape index (κ3) is 2.22. The Morgan fingerprint density at radius 2 is 1.58 bits per heavy atom. The molecule has 0 aliphatic rings. The molecule has 5 rings (SSSR count). The van der Waals surface area contributed by atoms with E-state index < -0.39 is 0 Å². The molecule has 126 valence electrons. The highest BCUT2D eigenvalue weighted by Gasteiger charge is 2.17. The Bertz CT molecular complexity index is 1260. The standard InChI is InChI=1S/C24H19NO/c1-15(2)16-8-7-9-17(14-16)23-22-19-11-4-6-13-21(19)26-24(22)18-10-3-5-12-20(18)25-23/h3-15H,1-2H3. The molecule has 0 amide bonds. The van der Waals surface area contributed by atoms with Gasteiger partial charge < -0.3 is 4.42 Å². The first-order chi connectivity index (χ1) is 12.7. The summed E-state index contributed by atoms with van der Waals surface area (Å²) in [4.78, 5) is 5.04. The van der Waals surface area contributed by atoms with Gasteiger partial charge in [-0.05, 0) is 35.7 Å². The Balaban J connectivity index is 1.96. The second-order valence-corrected chi connectivity index (χ2v) is 7.06. The molecule has 2 aromatic heterocycles. The van der Waals surface area contributed by atoms with Crippen LogP contribution in [0.25, 0.3) is 44.1 Å². The first-order valence-electron chi connectivity index (χ1n) is 9.02.